The van der Waals surface area contributed by atoms with Crippen molar-refractivity contribution < 1.29 is 4.74 Å². The van der Waals surface area contributed by atoms with Crippen molar-refractivity contribution >= 4 is 5.69 Å². The van der Waals surface area contributed by atoms with Crippen LogP contribution in [0.3, 0.4) is 0 Å². The molecule has 0 unspecified atom stereocenters. The molecule has 0 radical (unpaired) electrons. The zero-order valence-electron chi connectivity index (χ0n) is 12.2. The molecule has 1 aromatic rings. The van der Waals surface area contributed by atoms with Gasteiger partial charge in [0.05, 0.1) is 7.11 Å². The summed E-state index contributed by atoms with van der Waals surface area (Å²) >= 11 is 0. The molecule has 1 heterocycles. The van der Waals surface area contributed by atoms with E-state index in [2.05, 4.69) is 29.7 Å². The van der Waals surface area contributed by atoms with Gasteiger partial charge < -0.3 is 10.5 Å². The van der Waals surface area contributed by atoms with Gasteiger partial charge in [0.2, 0.25) is 0 Å². The summed E-state index contributed by atoms with van der Waals surface area (Å²) in [5.41, 5.74) is 7.90. The van der Waals surface area contributed by atoms with E-state index < -0.39 is 0 Å². The van der Waals surface area contributed by atoms with Crippen LogP contribution < -0.4 is 10.5 Å². The number of rotatable bonds is 4. The van der Waals surface area contributed by atoms with Crippen molar-refractivity contribution in [2.75, 3.05) is 39.0 Å². The maximum absolute atomic E-state index is 5.90. The summed E-state index contributed by atoms with van der Waals surface area (Å²) < 4.78 is 5.27. The fraction of sp³-hybridized carbons (Fsp3) is 0.600. The monoisotopic (exact) mass is 263 g/mol. The lowest BCUT2D eigenvalue weighted by atomic mass is 10.1. The Morgan fingerprint density at radius 3 is 2.42 bits per heavy atom. The summed E-state index contributed by atoms with van der Waals surface area (Å²) in [6.07, 6.45) is 0. The number of benzene rings is 1. The van der Waals surface area contributed by atoms with Gasteiger partial charge in [-0.3, -0.25) is 9.80 Å². The highest BCUT2D eigenvalue weighted by Crippen LogP contribution is 2.20. The molecular weight excluding hydrogens is 238 g/mol. The molecule has 1 aliphatic rings. The lowest BCUT2D eigenvalue weighted by Crippen LogP contribution is -2.48. The number of ether oxygens (including phenoxy) is 1. The average molecular weight is 263 g/mol. The molecule has 1 aromatic carbocycles. The van der Waals surface area contributed by atoms with E-state index in [-0.39, 0.29) is 0 Å². The molecule has 1 saturated heterocycles. The van der Waals surface area contributed by atoms with E-state index in [0.717, 1.165) is 44.2 Å². The minimum absolute atomic E-state index is 0.648. The molecule has 0 aromatic heterocycles. The van der Waals surface area contributed by atoms with Crippen LogP contribution in [0.25, 0.3) is 0 Å². The van der Waals surface area contributed by atoms with Gasteiger partial charge in [0.15, 0.2) is 0 Å². The van der Waals surface area contributed by atoms with Crippen molar-refractivity contribution in [1.29, 1.82) is 0 Å². The maximum atomic E-state index is 5.90. The minimum Gasteiger partial charge on any atom is -0.497 e. The second-order valence-electron chi connectivity index (χ2n) is 5.52. The number of nitrogens with two attached hydrogens (primary N) is 1. The van der Waals surface area contributed by atoms with Gasteiger partial charge in [0.1, 0.15) is 5.75 Å². The molecule has 0 spiro atoms. The molecule has 1 fully saturated rings. The second-order valence-corrected chi connectivity index (χ2v) is 5.52. The highest BCUT2D eigenvalue weighted by atomic mass is 16.5. The first-order chi connectivity index (χ1) is 9.08. The molecule has 19 heavy (non-hydrogen) atoms. The molecule has 106 valence electrons. The zero-order valence-corrected chi connectivity index (χ0v) is 12.2. The van der Waals surface area contributed by atoms with Gasteiger partial charge in [-0.25, -0.2) is 0 Å². The van der Waals surface area contributed by atoms with Crippen molar-refractivity contribution in [3.05, 3.63) is 23.8 Å². The molecule has 0 saturated carbocycles. The van der Waals surface area contributed by atoms with Crippen LogP contribution in [-0.4, -0.2) is 49.1 Å². The van der Waals surface area contributed by atoms with Gasteiger partial charge >= 0.3 is 0 Å². The van der Waals surface area contributed by atoms with Gasteiger partial charge in [0, 0.05) is 50.5 Å². The van der Waals surface area contributed by atoms with E-state index in [1.165, 1.54) is 5.56 Å². The van der Waals surface area contributed by atoms with E-state index >= 15 is 0 Å². The molecule has 4 nitrogen and oxygen atoms in total. The normalized spacial score (nSPS) is 17.9. The van der Waals surface area contributed by atoms with Crippen LogP contribution in [0, 0.1) is 0 Å². The number of anilines is 1. The molecule has 0 aliphatic carbocycles. The summed E-state index contributed by atoms with van der Waals surface area (Å²) in [6.45, 7) is 10.0. The molecule has 1 aliphatic heterocycles. The molecule has 0 amide bonds. The Morgan fingerprint density at radius 1 is 1.16 bits per heavy atom. The van der Waals surface area contributed by atoms with E-state index in [9.17, 15) is 0 Å². The van der Waals surface area contributed by atoms with Crippen LogP contribution in [0.5, 0.6) is 5.75 Å². The zero-order chi connectivity index (χ0) is 13.8. The molecule has 4 heteroatoms. The van der Waals surface area contributed by atoms with E-state index in [1.807, 2.05) is 12.1 Å². The van der Waals surface area contributed by atoms with Gasteiger partial charge in [-0.1, -0.05) is 0 Å². The number of nitrogen functional groups attached to an aromatic ring is 1. The van der Waals surface area contributed by atoms with Crippen molar-refractivity contribution in [1.82, 2.24) is 9.80 Å². The largest absolute Gasteiger partial charge is 0.497 e. The fourth-order valence-electron chi connectivity index (χ4n) is 2.59. The summed E-state index contributed by atoms with van der Waals surface area (Å²) in [5.74, 6) is 0.843. The number of hydrogen-bond acceptors (Lipinski definition) is 4. The van der Waals surface area contributed by atoms with Crippen LogP contribution in [0.1, 0.15) is 19.4 Å². The molecule has 2 N–H and O–H groups in total. The smallest absolute Gasteiger partial charge is 0.121 e. The minimum atomic E-state index is 0.648. The molecule has 2 rings (SSSR count). The highest BCUT2D eigenvalue weighted by Gasteiger charge is 2.18. The van der Waals surface area contributed by atoms with Crippen molar-refractivity contribution in [2.24, 2.45) is 0 Å². The molecule has 0 atom stereocenters. The summed E-state index contributed by atoms with van der Waals surface area (Å²) in [4.78, 5) is 5.00. The van der Waals surface area contributed by atoms with Crippen molar-refractivity contribution in [3.63, 3.8) is 0 Å². The SMILES string of the molecule is COc1cc(N)cc(CN2CCN(C(C)C)CC2)c1. The second kappa shape index (κ2) is 6.26. The van der Waals surface area contributed by atoms with E-state index in [1.54, 1.807) is 7.11 Å². The average Bonchev–Trinajstić information content (AvgIpc) is 2.38. The standard InChI is InChI=1S/C15H25N3O/c1-12(2)18-6-4-17(5-7-18)11-13-8-14(16)10-15(9-13)19-3/h8-10,12H,4-7,11,16H2,1-3H3. The van der Waals surface area contributed by atoms with Crippen LogP contribution in [-0.2, 0) is 6.54 Å². The summed E-state index contributed by atoms with van der Waals surface area (Å²) in [5, 5.41) is 0. The Morgan fingerprint density at radius 2 is 1.84 bits per heavy atom. The van der Waals surface area contributed by atoms with E-state index in [0.29, 0.717) is 6.04 Å². The molecule has 0 bridgehead atoms. The van der Waals surface area contributed by atoms with Crippen LogP contribution in [0.4, 0.5) is 5.69 Å². The first-order valence-corrected chi connectivity index (χ1v) is 6.98. The third-order valence-corrected chi connectivity index (χ3v) is 3.77. The van der Waals surface area contributed by atoms with Gasteiger partial charge in [0.25, 0.3) is 0 Å². The maximum Gasteiger partial charge on any atom is 0.121 e. The summed E-state index contributed by atoms with van der Waals surface area (Å²) in [6, 6.07) is 6.62. The Kier molecular flexibility index (Phi) is 4.66. The van der Waals surface area contributed by atoms with Gasteiger partial charge in [-0.15, -0.1) is 0 Å². The van der Waals surface area contributed by atoms with Crippen LogP contribution in [0.2, 0.25) is 0 Å². The Bertz CT molecular complexity index is 412. The summed E-state index contributed by atoms with van der Waals surface area (Å²) in [7, 11) is 1.68. The lowest BCUT2D eigenvalue weighted by Gasteiger charge is -2.37. The predicted octanol–water partition coefficient (Wildman–Crippen LogP) is 1.80. The van der Waals surface area contributed by atoms with Crippen LogP contribution >= 0.6 is 0 Å². The van der Waals surface area contributed by atoms with Crippen molar-refractivity contribution in [3.8, 4) is 5.75 Å². The Labute approximate surface area is 116 Å². The molecular formula is C15H25N3O. The quantitative estimate of drug-likeness (QED) is 0.841. The van der Waals surface area contributed by atoms with Gasteiger partial charge in [-0.2, -0.15) is 0 Å². The number of nitrogens with zero attached hydrogens (tertiary/aromatic N) is 2. The number of hydrogen-bond donors (Lipinski definition) is 1. The predicted molar refractivity (Wildman–Crippen MR) is 79.4 cm³/mol. The third-order valence-electron chi connectivity index (χ3n) is 3.77. The first-order valence-electron chi connectivity index (χ1n) is 6.98. The van der Waals surface area contributed by atoms with Crippen LogP contribution in [0.15, 0.2) is 18.2 Å². The van der Waals surface area contributed by atoms with Crippen molar-refractivity contribution in [2.45, 2.75) is 26.4 Å². The lowest BCUT2D eigenvalue weighted by molar-refractivity contribution is 0.104. The first kappa shape index (κ1) is 14.2. The van der Waals surface area contributed by atoms with E-state index in [4.69, 9.17) is 10.5 Å². The third kappa shape index (κ3) is 3.85. The number of methoxy groups -OCH3 is 1. The highest BCUT2D eigenvalue weighted by molar-refractivity contribution is 5.47. The Hall–Kier alpha value is -1.26. The van der Waals surface area contributed by atoms with Gasteiger partial charge in [-0.05, 0) is 31.5 Å². The topological polar surface area (TPSA) is 41.7 Å². The Balaban J connectivity index is 1.93. The number of piperazine rings is 1. The fourth-order valence-corrected chi connectivity index (χ4v) is 2.59.